The molecule has 1 aromatic rings. The molecule has 0 aromatic heterocycles. The Balaban J connectivity index is 2.42. The van der Waals surface area contributed by atoms with Crippen molar-refractivity contribution in [2.75, 3.05) is 6.54 Å². The number of phenolic OH excluding ortho intramolecular Hbond substituents is 1. The summed E-state index contributed by atoms with van der Waals surface area (Å²) in [4.78, 5) is 0. The average Bonchev–Trinajstić information content (AvgIpc) is 1.95. The van der Waals surface area contributed by atoms with Gasteiger partial charge < -0.3 is 10.4 Å². The monoisotopic (exact) mass is 197 g/mol. The molecule has 0 saturated carbocycles. The van der Waals surface area contributed by atoms with Crippen molar-refractivity contribution in [3.05, 3.63) is 28.3 Å². The number of halogens is 1. The number of nitrogens with one attached hydrogen (secondary N) is 1. The van der Waals surface area contributed by atoms with Gasteiger partial charge in [-0.25, -0.2) is 0 Å². The average molecular weight is 198 g/mol. The molecule has 0 spiro atoms. The molecule has 1 aliphatic rings. The number of hydrogen-bond donors (Lipinski definition) is 2. The predicted molar refractivity (Wildman–Crippen MR) is 53.2 cm³/mol. The minimum absolute atomic E-state index is 0.226. The summed E-state index contributed by atoms with van der Waals surface area (Å²) in [5.74, 6) is 0.226. The van der Waals surface area contributed by atoms with E-state index in [0.29, 0.717) is 5.02 Å². The summed E-state index contributed by atoms with van der Waals surface area (Å²) in [7, 11) is 0. The molecule has 0 unspecified atom stereocenters. The van der Waals surface area contributed by atoms with Gasteiger partial charge in [-0.05, 0) is 31.5 Å². The van der Waals surface area contributed by atoms with Gasteiger partial charge in [0.1, 0.15) is 5.75 Å². The van der Waals surface area contributed by atoms with Crippen LogP contribution in [0.2, 0.25) is 5.02 Å². The van der Waals surface area contributed by atoms with E-state index in [1.54, 1.807) is 6.07 Å². The Morgan fingerprint density at radius 1 is 1.54 bits per heavy atom. The van der Waals surface area contributed by atoms with Gasteiger partial charge in [0.05, 0.1) is 5.02 Å². The zero-order valence-electron chi connectivity index (χ0n) is 7.47. The van der Waals surface area contributed by atoms with Gasteiger partial charge in [0.25, 0.3) is 0 Å². The third-order valence-corrected chi connectivity index (χ3v) is 2.72. The number of phenols is 1. The normalized spacial score (nSPS) is 21.2. The van der Waals surface area contributed by atoms with Crippen LogP contribution in [0.5, 0.6) is 5.75 Å². The Morgan fingerprint density at radius 2 is 2.23 bits per heavy atom. The molecule has 1 heterocycles. The molecule has 0 radical (unpaired) electrons. The lowest BCUT2D eigenvalue weighted by Crippen LogP contribution is -2.35. The van der Waals surface area contributed by atoms with Crippen LogP contribution in [0, 0.1) is 6.92 Å². The number of hydrogen-bond acceptors (Lipinski definition) is 2. The fourth-order valence-electron chi connectivity index (χ4n) is 1.58. The molecule has 2 nitrogen and oxygen atoms in total. The molecule has 1 fully saturated rings. The maximum absolute atomic E-state index is 9.69. The zero-order valence-corrected chi connectivity index (χ0v) is 8.23. The Bertz CT molecular complexity index is 334. The second-order valence-corrected chi connectivity index (χ2v) is 3.89. The minimum atomic E-state index is 0.226. The minimum Gasteiger partial charge on any atom is -0.506 e. The molecule has 0 amide bonds. The molecule has 1 aromatic carbocycles. The first kappa shape index (κ1) is 8.85. The van der Waals surface area contributed by atoms with Crippen molar-refractivity contribution in [2.24, 2.45) is 0 Å². The maximum Gasteiger partial charge on any atom is 0.138 e. The van der Waals surface area contributed by atoms with Crippen molar-refractivity contribution in [3.63, 3.8) is 0 Å². The fraction of sp³-hybridized carbons (Fsp3) is 0.400. The highest BCUT2D eigenvalue weighted by atomic mass is 35.5. The van der Waals surface area contributed by atoms with Gasteiger partial charge >= 0.3 is 0 Å². The van der Waals surface area contributed by atoms with Crippen molar-refractivity contribution in [1.82, 2.24) is 5.32 Å². The van der Waals surface area contributed by atoms with Crippen molar-refractivity contribution in [3.8, 4) is 5.75 Å². The molecule has 0 aliphatic carbocycles. The highest BCUT2D eigenvalue weighted by Crippen LogP contribution is 2.36. The molecular formula is C10H12ClNO. The summed E-state index contributed by atoms with van der Waals surface area (Å²) in [6, 6.07) is 4.05. The van der Waals surface area contributed by atoms with Crippen LogP contribution >= 0.6 is 11.6 Å². The van der Waals surface area contributed by atoms with Gasteiger partial charge in [0.2, 0.25) is 0 Å². The van der Waals surface area contributed by atoms with Gasteiger partial charge in [-0.15, -0.1) is 0 Å². The summed E-state index contributed by atoms with van der Waals surface area (Å²) in [5, 5.41) is 13.4. The van der Waals surface area contributed by atoms with Crippen molar-refractivity contribution >= 4 is 11.6 Å². The molecule has 0 bridgehead atoms. The first-order valence-electron chi connectivity index (χ1n) is 4.41. The summed E-state index contributed by atoms with van der Waals surface area (Å²) in [6.07, 6.45) is 1.08. The van der Waals surface area contributed by atoms with Crippen LogP contribution in [0.25, 0.3) is 0 Å². The van der Waals surface area contributed by atoms with E-state index in [0.717, 1.165) is 24.1 Å². The Hall–Kier alpha value is -0.730. The number of aromatic hydroxyl groups is 1. The summed E-state index contributed by atoms with van der Waals surface area (Å²) < 4.78 is 0. The van der Waals surface area contributed by atoms with Crippen LogP contribution in [0.1, 0.15) is 23.6 Å². The van der Waals surface area contributed by atoms with Crippen LogP contribution in [0.4, 0.5) is 0 Å². The number of aryl methyl sites for hydroxylation is 1. The first-order chi connectivity index (χ1) is 6.18. The van der Waals surface area contributed by atoms with Crippen molar-refractivity contribution in [1.29, 1.82) is 0 Å². The Kier molecular flexibility index (Phi) is 2.18. The van der Waals surface area contributed by atoms with E-state index in [4.69, 9.17) is 11.6 Å². The van der Waals surface area contributed by atoms with Crippen molar-refractivity contribution in [2.45, 2.75) is 19.4 Å². The fourth-order valence-corrected chi connectivity index (χ4v) is 1.86. The Morgan fingerprint density at radius 3 is 2.77 bits per heavy atom. The van der Waals surface area contributed by atoms with Gasteiger partial charge in [-0.2, -0.15) is 0 Å². The summed E-state index contributed by atoms with van der Waals surface area (Å²) in [5.41, 5.74) is 2.02. The summed E-state index contributed by atoms with van der Waals surface area (Å²) >= 11 is 5.87. The third-order valence-electron chi connectivity index (χ3n) is 2.44. The molecule has 13 heavy (non-hydrogen) atoms. The molecular weight excluding hydrogens is 186 g/mol. The zero-order chi connectivity index (χ0) is 9.42. The third kappa shape index (κ3) is 1.52. The maximum atomic E-state index is 9.69. The van der Waals surface area contributed by atoms with Crippen LogP contribution in [0.3, 0.4) is 0 Å². The lowest BCUT2D eigenvalue weighted by Gasteiger charge is -2.29. The second kappa shape index (κ2) is 3.20. The molecule has 1 aliphatic heterocycles. The second-order valence-electron chi connectivity index (χ2n) is 3.48. The van der Waals surface area contributed by atoms with E-state index in [2.05, 4.69) is 5.32 Å². The van der Waals surface area contributed by atoms with Gasteiger partial charge in [-0.3, -0.25) is 0 Å². The SMILES string of the molecule is Cc1cc(Cl)c(O)c([C@H]2CCN2)c1. The largest absolute Gasteiger partial charge is 0.506 e. The number of benzene rings is 1. The highest BCUT2D eigenvalue weighted by Gasteiger charge is 2.22. The van der Waals surface area contributed by atoms with E-state index < -0.39 is 0 Å². The highest BCUT2D eigenvalue weighted by molar-refractivity contribution is 6.32. The quantitative estimate of drug-likeness (QED) is 0.725. The van der Waals surface area contributed by atoms with Crippen molar-refractivity contribution < 1.29 is 5.11 Å². The van der Waals surface area contributed by atoms with Crippen LogP contribution in [-0.4, -0.2) is 11.7 Å². The molecule has 2 rings (SSSR count). The molecule has 2 N–H and O–H groups in total. The van der Waals surface area contributed by atoms with E-state index in [9.17, 15) is 5.11 Å². The summed E-state index contributed by atoms with van der Waals surface area (Å²) in [6.45, 7) is 3.00. The molecule has 1 saturated heterocycles. The topological polar surface area (TPSA) is 32.3 Å². The predicted octanol–water partition coefficient (Wildman–Crippen LogP) is 2.39. The van der Waals surface area contributed by atoms with Gasteiger partial charge in [-0.1, -0.05) is 17.7 Å². The number of rotatable bonds is 1. The van der Waals surface area contributed by atoms with Crippen LogP contribution in [0.15, 0.2) is 12.1 Å². The van der Waals surface area contributed by atoms with E-state index in [-0.39, 0.29) is 11.8 Å². The van der Waals surface area contributed by atoms with E-state index in [1.165, 1.54) is 0 Å². The van der Waals surface area contributed by atoms with Gasteiger partial charge in [0.15, 0.2) is 0 Å². The van der Waals surface area contributed by atoms with E-state index >= 15 is 0 Å². The lowest BCUT2D eigenvalue weighted by molar-refractivity contribution is 0.364. The first-order valence-corrected chi connectivity index (χ1v) is 4.78. The van der Waals surface area contributed by atoms with E-state index in [1.807, 2.05) is 13.0 Å². The standard InChI is InChI=1S/C10H12ClNO/c1-6-4-7(9-2-3-12-9)10(13)8(11)5-6/h4-5,9,12-13H,2-3H2,1H3/t9-/m1/s1. The molecule has 3 heteroatoms. The lowest BCUT2D eigenvalue weighted by atomic mass is 9.96. The van der Waals surface area contributed by atoms with Crippen LogP contribution < -0.4 is 5.32 Å². The van der Waals surface area contributed by atoms with Crippen LogP contribution in [-0.2, 0) is 0 Å². The Labute approximate surface area is 82.5 Å². The molecule has 1 atom stereocenters. The smallest absolute Gasteiger partial charge is 0.138 e. The van der Waals surface area contributed by atoms with Gasteiger partial charge in [0, 0.05) is 11.6 Å². The molecule has 70 valence electrons.